The summed E-state index contributed by atoms with van der Waals surface area (Å²) in [4.78, 5) is 0. The van der Waals surface area contributed by atoms with Gasteiger partial charge in [0.05, 0.1) is 0 Å². The summed E-state index contributed by atoms with van der Waals surface area (Å²) in [6.45, 7) is 6.96. The highest BCUT2D eigenvalue weighted by atomic mass is 16.3. The molecule has 1 N–H and O–H groups in total. The lowest BCUT2D eigenvalue weighted by atomic mass is 9.93. The first-order valence-electron chi connectivity index (χ1n) is 4.35. The Hall–Kier alpha value is -0.0400. The quantitative estimate of drug-likeness (QED) is 0.628. The van der Waals surface area contributed by atoms with Crippen LogP contribution < -0.4 is 0 Å². The van der Waals surface area contributed by atoms with Crippen molar-refractivity contribution in [2.75, 3.05) is 6.61 Å². The second-order valence-corrected chi connectivity index (χ2v) is 3.21. The van der Waals surface area contributed by atoms with E-state index in [1.165, 1.54) is 12.8 Å². The van der Waals surface area contributed by atoms with Gasteiger partial charge in [-0.05, 0) is 18.3 Å². The van der Waals surface area contributed by atoms with Crippen molar-refractivity contribution >= 4 is 0 Å². The van der Waals surface area contributed by atoms with Crippen LogP contribution in [0.25, 0.3) is 0 Å². The second-order valence-electron chi connectivity index (χ2n) is 3.21. The van der Waals surface area contributed by atoms with E-state index in [4.69, 9.17) is 5.11 Å². The molecule has 0 aliphatic carbocycles. The molecule has 0 radical (unpaired) electrons. The number of rotatable bonds is 5. The molecule has 0 bridgehead atoms. The number of hydrogen-bond acceptors (Lipinski definition) is 1. The highest BCUT2D eigenvalue weighted by Gasteiger charge is 2.08. The SMILES string of the molecule is CC[C@@H](C)C[C@@H](CC)CO. The molecule has 0 rings (SSSR count). The lowest BCUT2D eigenvalue weighted by molar-refractivity contribution is 0.198. The highest BCUT2D eigenvalue weighted by molar-refractivity contribution is 4.59. The van der Waals surface area contributed by atoms with E-state index in [2.05, 4.69) is 20.8 Å². The van der Waals surface area contributed by atoms with Crippen LogP contribution in [0.15, 0.2) is 0 Å². The van der Waals surface area contributed by atoms with Crippen LogP contribution in [0.4, 0.5) is 0 Å². The summed E-state index contributed by atoms with van der Waals surface area (Å²) < 4.78 is 0. The van der Waals surface area contributed by atoms with Crippen LogP contribution in [0.5, 0.6) is 0 Å². The lowest BCUT2D eigenvalue weighted by Crippen LogP contribution is -2.08. The van der Waals surface area contributed by atoms with Gasteiger partial charge in [-0.2, -0.15) is 0 Å². The summed E-state index contributed by atoms with van der Waals surface area (Å²) >= 11 is 0. The summed E-state index contributed by atoms with van der Waals surface area (Å²) in [5, 5.41) is 8.87. The third-order valence-corrected chi connectivity index (χ3v) is 2.27. The van der Waals surface area contributed by atoms with Gasteiger partial charge in [0.2, 0.25) is 0 Å². The van der Waals surface area contributed by atoms with Crippen LogP contribution in [0.2, 0.25) is 0 Å². The average Bonchev–Trinajstić information content (AvgIpc) is 1.99. The molecule has 2 atom stereocenters. The topological polar surface area (TPSA) is 20.2 Å². The van der Waals surface area contributed by atoms with E-state index < -0.39 is 0 Å². The lowest BCUT2D eigenvalue weighted by Gasteiger charge is -2.15. The van der Waals surface area contributed by atoms with E-state index in [0.29, 0.717) is 12.5 Å². The molecule has 0 aromatic heterocycles. The monoisotopic (exact) mass is 144 g/mol. The predicted molar refractivity (Wildman–Crippen MR) is 44.9 cm³/mol. The Bertz CT molecular complexity index is 67.1. The zero-order chi connectivity index (χ0) is 7.98. The molecule has 0 saturated heterocycles. The zero-order valence-corrected chi connectivity index (χ0v) is 7.43. The van der Waals surface area contributed by atoms with Gasteiger partial charge in [0.25, 0.3) is 0 Å². The van der Waals surface area contributed by atoms with E-state index in [-0.39, 0.29) is 0 Å². The van der Waals surface area contributed by atoms with Crippen molar-refractivity contribution < 1.29 is 5.11 Å². The van der Waals surface area contributed by atoms with Gasteiger partial charge in [-0.15, -0.1) is 0 Å². The zero-order valence-electron chi connectivity index (χ0n) is 7.43. The molecule has 0 amide bonds. The van der Waals surface area contributed by atoms with Crippen LogP contribution in [-0.2, 0) is 0 Å². The Balaban J connectivity index is 3.41. The van der Waals surface area contributed by atoms with E-state index in [1.54, 1.807) is 0 Å². The van der Waals surface area contributed by atoms with Gasteiger partial charge >= 0.3 is 0 Å². The minimum atomic E-state index is 0.362. The first kappa shape index (κ1) is 9.96. The highest BCUT2D eigenvalue weighted by Crippen LogP contribution is 2.16. The fourth-order valence-corrected chi connectivity index (χ4v) is 1.11. The first-order chi connectivity index (χ1) is 4.74. The molecular formula is C9H20O. The number of hydrogen-bond donors (Lipinski definition) is 1. The van der Waals surface area contributed by atoms with Gasteiger partial charge in [-0.3, -0.25) is 0 Å². The predicted octanol–water partition coefficient (Wildman–Crippen LogP) is 2.44. The third kappa shape index (κ3) is 3.89. The molecule has 1 heteroatoms. The molecule has 0 heterocycles. The minimum Gasteiger partial charge on any atom is -0.396 e. The molecule has 1 nitrogen and oxygen atoms in total. The van der Waals surface area contributed by atoms with Crippen molar-refractivity contribution in [2.45, 2.75) is 40.0 Å². The molecule has 10 heavy (non-hydrogen) atoms. The molecule has 0 aliphatic heterocycles. The van der Waals surface area contributed by atoms with Crippen molar-refractivity contribution in [3.8, 4) is 0 Å². The van der Waals surface area contributed by atoms with Crippen LogP contribution >= 0.6 is 0 Å². The van der Waals surface area contributed by atoms with E-state index >= 15 is 0 Å². The Morgan fingerprint density at radius 1 is 1.20 bits per heavy atom. The first-order valence-corrected chi connectivity index (χ1v) is 4.35. The van der Waals surface area contributed by atoms with Gasteiger partial charge in [-0.25, -0.2) is 0 Å². The Labute approximate surface area is 64.5 Å². The van der Waals surface area contributed by atoms with Crippen LogP contribution in [0.3, 0.4) is 0 Å². The van der Waals surface area contributed by atoms with E-state index in [1.807, 2.05) is 0 Å². The Morgan fingerprint density at radius 2 is 1.80 bits per heavy atom. The summed E-state index contributed by atoms with van der Waals surface area (Å²) in [6.07, 6.45) is 3.53. The second kappa shape index (κ2) is 5.72. The van der Waals surface area contributed by atoms with Crippen LogP contribution in [0.1, 0.15) is 40.0 Å². The molecule has 0 spiro atoms. The van der Waals surface area contributed by atoms with E-state index in [0.717, 1.165) is 12.3 Å². The van der Waals surface area contributed by atoms with E-state index in [9.17, 15) is 0 Å². The summed E-state index contributed by atoms with van der Waals surface area (Å²) in [7, 11) is 0. The summed E-state index contributed by atoms with van der Waals surface area (Å²) in [5.41, 5.74) is 0. The maximum absolute atomic E-state index is 8.87. The largest absolute Gasteiger partial charge is 0.396 e. The fraction of sp³-hybridized carbons (Fsp3) is 1.00. The van der Waals surface area contributed by atoms with Crippen molar-refractivity contribution in [2.24, 2.45) is 11.8 Å². The molecule has 0 aliphatic rings. The number of aliphatic hydroxyl groups is 1. The molecule has 0 aromatic carbocycles. The van der Waals surface area contributed by atoms with Crippen molar-refractivity contribution in [3.63, 3.8) is 0 Å². The van der Waals surface area contributed by atoms with Gasteiger partial charge in [0, 0.05) is 6.61 Å². The summed E-state index contributed by atoms with van der Waals surface area (Å²) in [6, 6.07) is 0. The normalized spacial score (nSPS) is 16.8. The van der Waals surface area contributed by atoms with Crippen molar-refractivity contribution in [1.82, 2.24) is 0 Å². The fourth-order valence-electron chi connectivity index (χ4n) is 1.11. The van der Waals surface area contributed by atoms with Gasteiger partial charge in [0.1, 0.15) is 0 Å². The average molecular weight is 144 g/mol. The van der Waals surface area contributed by atoms with Crippen molar-refractivity contribution in [1.29, 1.82) is 0 Å². The smallest absolute Gasteiger partial charge is 0.0459 e. The van der Waals surface area contributed by atoms with Gasteiger partial charge in [0.15, 0.2) is 0 Å². The van der Waals surface area contributed by atoms with Crippen molar-refractivity contribution in [3.05, 3.63) is 0 Å². The maximum Gasteiger partial charge on any atom is 0.0459 e. The Kier molecular flexibility index (Phi) is 5.70. The molecule has 62 valence electrons. The number of aliphatic hydroxyl groups excluding tert-OH is 1. The molecule has 0 saturated carbocycles. The van der Waals surface area contributed by atoms with Gasteiger partial charge < -0.3 is 5.11 Å². The van der Waals surface area contributed by atoms with Crippen LogP contribution in [-0.4, -0.2) is 11.7 Å². The standard InChI is InChI=1S/C9H20O/c1-4-8(3)6-9(5-2)7-10/h8-10H,4-7H2,1-3H3/t8-,9-/m1/s1. The molecule has 0 fully saturated rings. The minimum absolute atomic E-state index is 0.362. The third-order valence-electron chi connectivity index (χ3n) is 2.27. The Morgan fingerprint density at radius 3 is 2.10 bits per heavy atom. The molecule has 0 aromatic rings. The van der Waals surface area contributed by atoms with Crippen LogP contribution in [0, 0.1) is 11.8 Å². The maximum atomic E-state index is 8.87. The summed E-state index contributed by atoms with van der Waals surface area (Å²) in [5.74, 6) is 1.31. The molecular weight excluding hydrogens is 124 g/mol. The molecule has 0 unspecified atom stereocenters. The van der Waals surface area contributed by atoms with Gasteiger partial charge in [-0.1, -0.05) is 33.6 Å².